The molecule has 136 valence electrons. The lowest BCUT2D eigenvalue weighted by Gasteiger charge is -2.05. The van der Waals surface area contributed by atoms with Crippen molar-refractivity contribution < 1.29 is 28.0 Å². The first kappa shape index (κ1) is 19.2. The van der Waals surface area contributed by atoms with Gasteiger partial charge in [-0.05, 0) is 23.6 Å². The second-order valence-electron chi connectivity index (χ2n) is 5.11. The summed E-state index contributed by atoms with van der Waals surface area (Å²) in [4.78, 5) is 10.0. The van der Waals surface area contributed by atoms with E-state index in [1.807, 2.05) is 0 Å². The van der Waals surface area contributed by atoms with Gasteiger partial charge in [0.1, 0.15) is 10.6 Å². The van der Waals surface area contributed by atoms with Gasteiger partial charge in [0.05, 0.1) is 11.3 Å². The molecule has 0 aromatic heterocycles. The van der Waals surface area contributed by atoms with Crippen molar-refractivity contribution >= 4 is 32.5 Å². The van der Waals surface area contributed by atoms with Crippen LogP contribution in [0.25, 0.3) is 10.8 Å². The molecule has 0 aliphatic carbocycles. The third-order valence-electron chi connectivity index (χ3n) is 3.43. The highest BCUT2D eigenvalue weighted by atomic mass is 32.2. The lowest BCUT2D eigenvalue weighted by atomic mass is 10.1. The monoisotopic (exact) mass is 376 g/mol. The largest absolute Gasteiger partial charge is 0.506 e. The maximum Gasteiger partial charge on any atom is 0.337 e. The molecule has 0 atom stereocenters. The molecular formula is C17H16N2O6S. The van der Waals surface area contributed by atoms with Crippen molar-refractivity contribution in [3.05, 3.63) is 66.2 Å². The molecule has 3 aromatic carbocycles. The van der Waals surface area contributed by atoms with Crippen LogP contribution in [0.3, 0.4) is 0 Å². The number of carbonyl (C=O) groups is 1. The molecule has 0 unspecified atom stereocenters. The minimum Gasteiger partial charge on any atom is -0.506 e. The summed E-state index contributed by atoms with van der Waals surface area (Å²) in [6.45, 7) is 0. The number of phenols is 1. The summed E-state index contributed by atoms with van der Waals surface area (Å²) in [5.41, 5.74) is 2.89. The predicted molar refractivity (Wildman–Crippen MR) is 96.6 cm³/mol. The van der Waals surface area contributed by atoms with Gasteiger partial charge in [-0.2, -0.15) is 8.42 Å². The van der Waals surface area contributed by atoms with Gasteiger partial charge in [-0.1, -0.05) is 42.5 Å². The van der Waals surface area contributed by atoms with Crippen LogP contribution in [-0.4, -0.2) is 29.2 Å². The number of carboxylic acid groups (broad SMARTS) is 1. The molecule has 6 N–H and O–H groups in total. The summed E-state index contributed by atoms with van der Waals surface area (Å²) in [6, 6.07) is 15.9. The van der Waals surface area contributed by atoms with Crippen molar-refractivity contribution in [2.75, 3.05) is 5.43 Å². The molecule has 0 radical (unpaired) electrons. The van der Waals surface area contributed by atoms with Crippen LogP contribution in [0.5, 0.6) is 5.75 Å². The molecule has 3 aromatic rings. The molecule has 0 spiro atoms. The fourth-order valence-electron chi connectivity index (χ4n) is 2.30. The number of aromatic hydroxyl groups is 1. The summed E-state index contributed by atoms with van der Waals surface area (Å²) in [7, 11) is -4.41. The quantitative estimate of drug-likeness (QED) is 0.266. The van der Waals surface area contributed by atoms with Gasteiger partial charge in [-0.15, -0.1) is 0 Å². The highest BCUT2D eigenvalue weighted by Gasteiger charge is 2.18. The Labute approximate surface area is 149 Å². The number of carboxylic acids is 1. The van der Waals surface area contributed by atoms with E-state index in [1.54, 1.807) is 42.5 Å². The number of anilines is 1. The Bertz CT molecular complexity index is 1050. The summed E-state index contributed by atoms with van der Waals surface area (Å²) >= 11 is 0. The average Bonchev–Trinajstić information content (AvgIpc) is 2.60. The van der Waals surface area contributed by atoms with Crippen LogP contribution in [0.15, 0.2) is 65.6 Å². The number of rotatable bonds is 3. The zero-order chi connectivity index (χ0) is 19.3. The molecule has 3 rings (SSSR count). The summed E-state index contributed by atoms with van der Waals surface area (Å²) in [6.07, 6.45) is 0. The number of nitrogen functional groups attached to an aromatic ring is 1. The number of nitrogens with two attached hydrogens (primary N) is 1. The zero-order valence-corrected chi connectivity index (χ0v) is 14.1. The predicted octanol–water partition coefficient (Wildman–Crippen LogP) is 2.46. The molecule has 0 amide bonds. The Balaban J connectivity index is 0.000000197. The Morgan fingerprint density at radius 2 is 1.58 bits per heavy atom. The molecule has 0 saturated heterocycles. The minimum atomic E-state index is -4.41. The molecule has 0 heterocycles. The van der Waals surface area contributed by atoms with E-state index in [0.29, 0.717) is 16.5 Å². The third kappa shape index (κ3) is 4.28. The number of hydrogen-bond donors (Lipinski definition) is 5. The molecule has 26 heavy (non-hydrogen) atoms. The van der Waals surface area contributed by atoms with Crippen LogP contribution in [-0.2, 0) is 10.1 Å². The van der Waals surface area contributed by atoms with Crippen molar-refractivity contribution in [1.82, 2.24) is 0 Å². The highest BCUT2D eigenvalue weighted by Crippen LogP contribution is 2.30. The van der Waals surface area contributed by atoms with Crippen LogP contribution in [0, 0.1) is 0 Å². The van der Waals surface area contributed by atoms with E-state index >= 15 is 0 Å². The first-order chi connectivity index (χ1) is 12.3. The Kier molecular flexibility index (Phi) is 5.78. The molecule has 0 fully saturated rings. The van der Waals surface area contributed by atoms with Crippen LogP contribution in [0.2, 0.25) is 0 Å². The van der Waals surface area contributed by atoms with E-state index in [2.05, 4.69) is 5.43 Å². The van der Waals surface area contributed by atoms with E-state index in [9.17, 15) is 18.3 Å². The summed E-state index contributed by atoms with van der Waals surface area (Å²) in [5, 5.41) is 19.0. The van der Waals surface area contributed by atoms with Gasteiger partial charge < -0.3 is 15.6 Å². The SMILES string of the molecule is NNc1ccccc1C(=O)O.O=S(=O)(O)c1c(O)ccc2ccccc12. The normalized spacial score (nSPS) is 10.7. The van der Waals surface area contributed by atoms with Crippen molar-refractivity contribution in [2.24, 2.45) is 5.84 Å². The smallest absolute Gasteiger partial charge is 0.337 e. The number of phenolic OH excluding ortho intramolecular Hbond substituents is 1. The van der Waals surface area contributed by atoms with Crippen LogP contribution >= 0.6 is 0 Å². The van der Waals surface area contributed by atoms with Crippen LogP contribution in [0.4, 0.5) is 5.69 Å². The summed E-state index contributed by atoms with van der Waals surface area (Å²) < 4.78 is 31.1. The number of hydrogen-bond acceptors (Lipinski definition) is 6. The highest BCUT2D eigenvalue weighted by molar-refractivity contribution is 7.86. The molecule has 0 aliphatic heterocycles. The van der Waals surface area contributed by atoms with E-state index in [4.69, 9.17) is 15.5 Å². The molecule has 8 nitrogen and oxygen atoms in total. The van der Waals surface area contributed by atoms with Crippen molar-refractivity contribution in [2.45, 2.75) is 4.90 Å². The van der Waals surface area contributed by atoms with Gasteiger partial charge in [-0.25, -0.2) is 4.79 Å². The van der Waals surface area contributed by atoms with E-state index in [-0.39, 0.29) is 5.56 Å². The second kappa shape index (κ2) is 7.83. The molecule has 0 bridgehead atoms. The molecule has 0 saturated carbocycles. The lowest BCUT2D eigenvalue weighted by Crippen LogP contribution is -2.11. The molecule has 0 aliphatic rings. The van der Waals surface area contributed by atoms with Gasteiger partial charge in [0.2, 0.25) is 0 Å². The van der Waals surface area contributed by atoms with E-state index in [0.717, 1.165) is 0 Å². The number of hydrazine groups is 1. The number of nitrogens with one attached hydrogen (secondary N) is 1. The van der Waals surface area contributed by atoms with E-state index < -0.39 is 26.7 Å². The minimum absolute atomic E-state index is 0.176. The number of benzene rings is 3. The summed E-state index contributed by atoms with van der Waals surface area (Å²) in [5.74, 6) is 3.64. The van der Waals surface area contributed by atoms with Crippen LogP contribution < -0.4 is 11.3 Å². The first-order valence-electron chi connectivity index (χ1n) is 7.23. The second-order valence-corrected chi connectivity index (χ2v) is 6.46. The maximum absolute atomic E-state index is 11.1. The van der Waals surface area contributed by atoms with Gasteiger partial charge in [0, 0.05) is 5.39 Å². The first-order valence-corrected chi connectivity index (χ1v) is 8.67. The van der Waals surface area contributed by atoms with Gasteiger partial charge in [0.15, 0.2) is 0 Å². The zero-order valence-electron chi connectivity index (χ0n) is 13.3. The number of fused-ring (bicyclic) bond motifs is 1. The van der Waals surface area contributed by atoms with Crippen molar-refractivity contribution in [3.63, 3.8) is 0 Å². The number of para-hydroxylation sites is 1. The van der Waals surface area contributed by atoms with Crippen molar-refractivity contribution in [3.8, 4) is 5.75 Å². The standard InChI is InChI=1S/C10H8O4S.C7H8N2O2/c11-9-6-5-7-3-1-2-4-8(7)10(9)15(12,13)14;8-9-6-4-2-1-3-5(6)7(10)11/h1-6,11H,(H,12,13,14);1-4,9H,8H2,(H,10,11). The average molecular weight is 376 g/mol. The van der Waals surface area contributed by atoms with E-state index in [1.165, 1.54) is 18.2 Å². The van der Waals surface area contributed by atoms with Gasteiger partial charge >= 0.3 is 5.97 Å². The Hall–Kier alpha value is -3.14. The third-order valence-corrected chi connectivity index (χ3v) is 4.37. The molecular weight excluding hydrogens is 360 g/mol. The Morgan fingerprint density at radius 3 is 2.15 bits per heavy atom. The number of aromatic carboxylic acids is 1. The molecule has 9 heteroatoms. The maximum atomic E-state index is 11.1. The lowest BCUT2D eigenvalue weighted by molar-refractivity contribution is 0.0698. The fraction of sp³-hybridized carbons (Fsp3) is 0. The van der Waals surface area contributed by atoms with Gasteiger partial charge in [-0.3, -0.25) is 10.4 Å². The van der Waals surface area contributed by atoms with Crippen molar-refractivity contribution in [1.29, 1.82) is 0 Å². The Morgan fingerprint density at radius 1 is 0.962 bits per heavy atom. The van der Waals surface area contributed by atoms with Gasteiger partial charge in [0.25, 0.3) is 10.1 Å². The van der Waals surface area contributed by atoms with Crippen LogP contribution in [0.1, 0.15) is 10.4 Å². The fourth-order valence-corrected chi connectivity index (χ4v) is 3.09. The topological polar surface area (TPSA) is 150 Å².